The first kappa shape index (κ1) is 10.6. The summed E-state index contributed by atoms with van der Waals surface area (Å²) in [6.07, 6.45) is 0. The Labute approximate surface area is 79.6 Å². The number of hydrogen-bond acceptors (Lipinski definition) is 3. The van der Waals surface area contributed by atoms with Gasteiger partial charge in [0.25, 0.3) is 5.79 Å². The average molecular weight is 200 g/mol. The fraction of sp³-hybridized carbons (Fsp3) is 0.222. The third kappa shape index (κ3) is 1.59. The quantitative estimate of drug-likeness (QED) is 0.705. The lowest BCUT2D eigenvalue weighted by Crippen LogP contribution is -2.38. The molecule has 0 spiro atoms. The molecule has 0 aliphatic rings. The summed E-state index contributed by atoms with van der Waals surface area (Å²) in [6, 6.07) is 4.98. The second kappa shape index (κ2) is 3.73. The van der Waals surface area contributed by atoms with E-state index in [2.05, 4.69) is 4.74 Å². The summed E-state index contributed by atoms with van der Waals surface area (Å²) in [6.45, 7) is 0. The second-order valence-corrected chi connectivity index (χ2v) is 2.63. The van der Waals surface area contributed by atoms with Gasteiger partial charge >= 0.3 is 5.97 Å². The van der Waals surface area contributed by atoms with E-state index in [0.29, 0.717) is 0 Å². The van der Waals surface area contributed by atoms with E-state index in [1.165, 1.54) is 12.1 Å². The molecular weight excluding hydrogens is 191 g/mol. The van der Waals surface area contributed by atoms with Gasteiger partial charge in [0.1, 0.15) is 5.82 Å². The summed E-state index contributed by atoms with van der Waals surface area (Å²) >= 11 is 0. The Bertz CT molecular complexity index is 352. The van der Waals surface area contributed by atoms with Crippen LogP contribution in [0.3, 0.4) is 0 Å². The maximum atomic E-state index is 13.1. The molecule has 0 aliphatic heterocycles. The van der Waals surface area contributed by atoms with Crippen LogP contribution < -0.4 is 0 Å². The van der Waals surface area contributed by atoms with Crippen molar-refractivity contribution in [2.24, 2.45) is 0 Å². The molecule has 0 aliphatic carbocycles. The van der Waals surface area contributed by atoms with Crippen LogP contribution in [0.25, 0.3) is 0 Å². The molecule has 1 aromatic rings. The highest BCUT2D eigenvalue weighted by Gasteiger charge is 2.40. The van der Waals surface area contributed by atoms with Crippen LogP contribution in [0.2, 0.25) is 0 Å². The van der Waals surface area contributed by atoms with E-state index in [1.54, 1.807) is 0 Å². The molecule has 5 heteroatoms. The molecule has 0 bridgehead atoms. The van der Waals surface area contributed by atoms with E-state index >= 15 is 0 Å². The molecule has 14 heavy (non-hydrogen) atoms. The summed E-state index contributed by atoms with van der Waals surface area (Å²) in [4.78, 5) is 10.7. The fourth-order valence-corrected chi connectivity index (χ4v) is 1.05. The van der Waals surface area contributed by atoms with Gasteiger partial charge in [0.05, 0.1) is 5.56 Å². The van der Waals surface area contributed by atoms with Crippen molar-refractivity contribution in [2.45, 2.75) is 5.79 Å². The minimum atomic E-state index is -2.63. The smallest absolute Gasteiger partial charge is 0.369 e. The molecule has 4 nitrogen and oxygen atoms in total. The van der Waals surface area contributed by atoms with Crippen LogP contribution >= 0.6 is 0 Å². The van der Waals surface area contributed by atoms with Crippen molar-refractivity contribution in [1.82, 2.24) is 0 Å². The van der Waals surface area contributed by atoms with Gasteiger partial charge in [-0.25, -0.2) is 9.18 Å². The van der Waals surface area contributed by atoms with Crippen molar-refractivity contribution in [3.05, 3.63) is 35.6 Å². The van der Waals surface area contributed by atoms with E-state index in [4.69, 9.17) is 5.11 Å². The number of halogens is 1. The van der Waals surface area contributed by atoms with Gasteiger partial charge in [-0.15, -0.1) is 0 Å². The van der Waals surface area contributed by atoms with Gasteiger partial charge in [0, 0.05) is 7.11 Å². The van der Waals surface area contributed by atoms with Crippen molar-refractivity contribution >= 4 is 5.97 Å². The second-order valence-electron chi connectivity index (χ2n) is 2.63. The predicted octanol–water partition coefficient (Wildman–Crippen LogP) is 0.702. The molecular formula is C9H9FO4. The molecule has 0 fully saturated rings. The van der Waals surface area contributed by atoms with Gasteiger partial charge in [-0.3, -0.25) is 0 Å². The maximum Gasteiger partial charge on any atom is 0.369 e. The van der Waals surface area contributed by atoms with E-state index < -0.39 is 23.1 Å². The zero-order valence-electron chi connectivity index (χ0n) is 7.40. The Balaban J connectivity index is 3.26. The van der Waals surface area contributed by atoms with Gasteiger partial charge in [0.15, 0.2) is 0 Å². The summed E-state index contributed by atoms with van der Waals surface area (Å²) in [5.41, 5.74) is -0.421. The van der Waals surface area contributed by atoms with Gasteiger partial charge < -0.3 is 14.9 Å². The molecule has 1 unspecified atom stereocenters. The highest BCUT2D eigenvalue weighted by Crippen LogP contribution is 2.24. The topological polar surface area (TPSA) is 66.8 Å². The minimum absolute atomic E-state index is 0.421. The molecule has 0 radical (unpaired) electrons. The highest BCUT2D eigenvalue weighted by atomic mass is 19.1. The SMILES string of the molecule is COC(O)(C(=O)O)c1ccccc1F. The molecule has 1 atom stereocenters. The van der Waals surface area contributed by atoms with Gasteiger partial charge in [-0.2, -0.15) is 0 Å². The number of aliphatic hydroxyl groups is 1. The zero-order chi connectivity index (χ0) is 10.8. The van der Waals surface area contributed by atoms with Gasteiger partial charge in [-0.1, -0.05) is 18.2 Å². The maximum absolute atomic E-state index is 13.1. The first-order valence-electron chi connectivity index (χ1n) is 3.78. The van der Waals surface area contributed by atoms with E-state index in [1.807, 2.05) is 0 Å². The monoisotopic (exact) mass is 200 g/mol. The fourth-order valence-electron chi connectivity index (χ4n) is 1.05. The number of rotatable bonds is 3. The summed E-state index contributed by atoms with van der Waals surface area (Å²) in [5.74, 6) is -5.13. The number of carbonyl (C=O) groups is 1. The van der Waals surface area contributed by atoms with Crippen LogP contribution in [0.4, 0.5) is 4.39 Å². The molecule has 76 valence electrons. The first-order valence-corrected chi connectivity index (χ1v) is 3.78. The van der Waals surface area contributed by atoms with Crippen LogP contribution in [0.5, 0.6) is 0 Å². The van der Waals surface area contributed by atoms with E-state index in [-0.39, 0.29) is 0 Å². The lowest BCUT2D eigenvalue weighted by molar-refractivity contribution is -0.220. The van der Waals surface area contributed by atoms with Crippen LogP contribution in [0.1, 0.15) is 5.56 Å². The third-order valence-corrected chi connectivity index (χ3v) is 1.82. The zero-order valence-corrected chi connectivity index (χ0v) is 7.40. The predicted molar refractivity (Wildman–Crippen MR) is 44.9 cm³/mol. The van der Waals surface area contributed by atoms with Gasteiger partial charge in [-0.05, 0) is 6.07 Å². The van der Waals surface area contributed by atoms with Crippen molar-refractivity contribution in [3.8, 4) is 0 Å². The van der Waals surface area contributed by atoms with Crippen molar-refractivity contribution in [2.75, 3.05) is 7.11 Å². The number of carboxylic acids is 1. The van der Waals surface area contributed by atoms with Crippen LogP contribution in [-0.4, -0.2) is 23.3 Å². The summed E-state index contributed by atoms with van der Waals surface area (Å²) in [5, 5.41) is 18.2. The number of ether oxygens (including phenoxy) is 1. The number of aliphatic carboxylic acids is 1. The highest BCUT2D eigenvalue weighted by molar-refractivity contribution is 5.77. The molecule has 1 aromatic carbocycles. The molecule has 0 heterocycles. The lowest BCUT2D eigenvalue weighted by Gasteiger charge is -2.21. The Morgan fingerprint density at radius 3 is 2.50 bits per heavy atom. The van der Waals surface area contributed by atoms with Crippen LogP contribution in [-0.2, 0) is 15.3 Å². The molecule has 1 rings (SSSR count). The number of methoxy groups -OCH3 is 1. The normalized spacial score (nSPS) is 14.8. The Morgan fingerprint density at radius 1 is 1.50 bits per heavy atom. The van der Waals surface area contributed by atoms with E-state index in [0.717, 1.165) is 19.2 Å². The standard InChI is InChI=1S/C9H9FO4/c1-14-9(13,8(11)12)6-4-2-3-5-7(6)10/h2-5,13H,1H3,(H,11,12). The van der Waals surface area contributed by atoms with Crippen molar-refractivity contribution < 1.29 is 24.1 Å². The Morgan fingerprint density at radius 2 is 2.07 bits per heavy atom. The van der Waals surface area contributed by atoms with Gasteiger partial charge in [0.2, 0.25) is 0 Å². The molecule has 0 saturated carbocycles. The largest absolute Gasteiger partial charge is 0.477 e. The number of carboxylic acid groups (broad SMARTS) is 1. The van der Waals surface area contributed by atoms with Crippen LogP contribution in [0.15, 0.2) is 24.3 Å². The number of hydrogen-bond donors (Lipinski definition) is 2. The summed E-state index contributed by atoms with van der Waals surface area (Å²) < 4.78 is 17.5. The van der Waals surface area contributed by atoms with Crippen LogP contribution in [0, 0.1) is 5.82 Å². The molecule has 0 amide bonds. The van der Waals surface area contributed by atoms with E-state index in [9.17, 15) is 14.3 Å². The third-order valence-electron chi connectivity index (χ3n) is 1.82. The Kier molecular flexibility index (Phi) is 2.83. The Hall–Kier alpha value is -1.46. The lowest BCUT2D eigenvalue weighted by atomic mass is 10.1. The summed E-state index contributed by atoms with van der Waals surface area (Å²) in [7, 11) is 0.987. The number of benzene rings is 1. The molecule has 0 aromatic heterocycles. The molecule has 2 N–H and O–H groups in total. The average Bonchev–Trinajstić information content (AvgIpc) is 2.17. The minimum Gasteiger partial charge on any atom is -0.477 e. The first-order chi connectivity index (χ1) is 6.52. The van der Waals surface area contributed by atoms with Crippen molar-refractivity contribution in [3.63, 3.8) is 0 Å². The molecule has 0 saturated heterocycles. The van der Waals surface area contributed by atoms with Crippen molar-refractivity contribution in [1.29, 1.82) is 0 Å².